The summed E-state index contributed by atoms with van der Waals surface area (Å²) in [6, 6.07) is 7.43. The number of nitrogens with zero attached hydrogens (tertiary/aromatic N) is 2. The topological polar surface area (TPSA) is 52.0 Å². The van der Waals surface area contributed by atoms with E-state index in [4.69, 9.17) is 10.7 Å². The van der Waals surface area contributed by atoms with Crippen LogP contribution in [0.3, 0.4) is 0 Å². The van der Waals surface area contributed by atoms with Crippen LogP contribution < -0.4 is 0 Å². The maximum atomic E-state index is 11.5. The zero-order valence-electron chi connectivity index (χ0n) is 9.68. The summed E-state index contributed by atoms with van der Waals surface area (Å²) in [5.74, 6) is 0. The molecule has 0 radical (unpaired) electrons. The highest BCUT2D eigenvalue weighted by molar-refractivity contribution is 9.10. The number of hydrogen-bond acceptors (Lipinski definition) is 3. The van der Waals surface area contributed by atoms with Crippen molar-refractivity contribution in [2.24, 2.45) is 0 Å². The number of aromatic nitrogens is 2. The second-order valence-electron chi connectivity index (χ2n) is 3.83. The Kier molecular flexibility index (Phi) is 3.53. The summed E-state index contributed by atoms with van der Waals surface area (Å²) in [4.78, 5) is 0.0733. The second kappa shape index (κ2) is 4.68. The molecule has 0 saturated heterocycles. The number of rotatable bonds is 2. The predicted molar refractivity (Wildman–Crippen MR) is 73.8 cm³/mol. The van der Waals surface area contributed by atoms with E-state index in [2.05, 4.69) is 21.0 Å². The Labute approximate surface area is 118 Å². The maximum Gasteiger partial charge on any atom is 0.264 e. The molecular weight excluding hydrogens is 340 g/mol. The highest BCUT2D eigenvalue weighted by atomic mass is 79.9. The van der Waals surface area contributed by atoms with E-state index in [0.29, 0.717) is 11.4 Å². The van der Waals surface area contributed by atoms with E-state index in [-0.39, 0.29) is 4.90 Å². The summed E-state index contributed by atoms with van der Waals surface area (Å²) in [6.07, 6.45) is 0. The van der Waals surface area contributed by atoms with Crippen LogP contribution in [0.25, 0.3) is 5.69 Å². The molecule has 0 fully saturated rings. The van der Waals surface area contributed by atoms with Crippen molar-refractivity contribution in [2.45, 2.75) is 18.7 Å². The molecule has 2 aromatic rings. The van der Waals surface area contributed by atoms with Crippen LogP contribution in [0.2, 0.25) is 0 Å². The molecule has 7 heteroatoms. The molecule has 0 atom stereocenters. The van der Waals surface area contributed by atoms with Gasteiger partial charge < -0.3 is 0 Å². The lowest BCUT2D eigenvalue weighted by Crippen LogP contribution is -2.00. The Hall–Kier alpha value is -0.850. The fraction of sp³-hybridized carbons (Fsp3) is 0.182. The van der Waals surface area contributed by atoms with E-state index >= 15 is 0 Å². The largest absolute Gasteiger partial charge is 0.264 e. The van der Waals surface area contributed by atoms with Crippen molar-refractivity contribution in [3.05, 3.63) is 40.1 Å². The van der Waals surface area contributed by atoms with Crippen LogP contribution in [0, 0.1) is 13.8 Å². The van der Waals surface area contributed by atoms with Crippen LogP contribution in [0.1, 0.15) is 11.4 Å². The Morgan fingerprint density at radius 1 is 1.33 bits per heavy atom. The quantitative estimate of drug-likeness (QED) is 0.783. The Morgan fingerprint density at radius 2 is 2.00 bits per heavy atom. The van der Waals surface area contributed by atoms with Gasteiger partial charge in [0.15, 0.2) is 0 Å². The first-order chi connectivity index (χ1) is 8.30. The van der Waals surface area contributed by atoms with Crippen molar-refractivity contribution in [2.75, 3.05) is 0 Å². The summed E-state index contributed by atoms with van der Waals surface area (Å²) in [5.41, 5.74) is 1.67. The first kappa shape index (κ1) is 13.6. The van der Waals surface area contributed by atoms with Crippen molar-refractivity contribution in [1.82, 2.24) is 9.78 Å². The summed E-state index contributed by atoms with van der Waals surface area (Å²) in [5, 5.41) is 4.22. The fourth-order valence-corrected chi connectivity index (χ4v) is 3.73. The molecule has 1 heterocycles. The molecule has 4 nitrogen and oxygen atoms in total. The monoisotopic (exact) mass is 348 g/mol. The molecule has 18 heavy (non-hydrogen) atoms. The van der Waals surface area contributed by atoms with Gasteiger partial charge in [0.05, 0.1) is 17.1 Å². The van der Waals surface area contributed by atoms with Crippen molar-refractivity contribution < 1.29 is 8.42 Å². The van der Waals surface area contributed by atoms with Crippen LogP contribution in [0.15, 0.2) is 33.6 Å². The molecule has 2 rings (SSSR count). The Balaban J connectivity index is 2.69. The minimum absolute atomic E-state index is 0.0733. The maximum absolute atomic E-state index is 11.5. The van der Waals surface area contributed by atoms with E-state index in [0.717, 1.165) is 10.2 Å². The number of halogens is 2. The van der Waals surface area contributed by atoms with Crippen LogP contribution >= 0.6 is 26.6 Å². The summed E-state index contributed by atoms with van der Waals surface area (Å²) < 4.78 is 25.4. The minimum atomic E-state index is -3.78. The van der Waals surface area contributed by atoms with Crippen LogP contribution in [0.4, 0.5) is 0 Å². The van der Waals surface area contributed by atoms with E-state index < -0.39 is 9.05 Å². The lowest BCUT2D eigenvalue weighted by Gasteiger charge is -2.04. The van der Waals surface area contributed by atoms with Crippen molar-refractivity contribution in [3.8, 4) is 5.69 Å². The summed E-state index contributed by atoms with van der Waals surface area (Å²) in [7, 11) is 1.63. The Morgan fingerprint density at radius 3 is 2.50 bits per heavy atom. The Bertz CT molecular complexity index is 710. The highest BCUT2D eigenvalue weighted by Crippen LogP contribution is 2.26. The lowest BCUT2D eigenvalue weighted by atomic mass is 10.3. The molecule has 0 bridgehead atoms. The number of hydrogen-bond donors (Lipinski definition) is 0. The molecule has 0 unspecified atom stereocenters. The number of benzene rings is 1. The van der Waals surface area contributed by atoms with E-state index in [9.17, 15) is 8.42 Å². The van der Waals surface area contributed by atoms with E-state index in [1.165, 1.54) is 0 Å². The van der Waals surface area contributed by atoms with Crippen LogP contribution in [-0.4, -0.2) is 18.2 Å². The molecular formula is C11H10BrClN2O2S. The summed E-state index contributed by atoms with van der Waals surface area (Å²) in [6.45, 7) is 3.30. The lowest BCUT2D eigenvalue weighted by molar-refractivity contribution is 0.608. The highest BCUT2D eigenvalue weighted by Gasteiger charge is 2.22. The average molecular weight is 350 g/mol. The van der Waals surface area contributed by atoms with Gasteiger partial charge in [0.2, 0.25) is 0 Å². The first-order valence-electron chi connectivity index (χ1n) is 5.07. The van der Waals surface area contributed by atoms with Gasteiger partial charge in [-0.15, -0.1) is 0 Å². The molecule has 0 N–H and O–H groups in total. The predicted octanol–water partition coefficient (Wildman–Crippen LogP) is 3.18. The van der Waals surface area contributed by atoms with E-state index in [1.54, 1.807) is 18.5 Å². The molecule has 0 aliphatic carbocycles. The molecule has 96 valence electrons. The minimum Gasteiger partial charge on any atom is -0.236 e. The van der Waals surface area contributed by atoms with Gasteiger partial charge in [0.1, 0.15) is 4.90 Å². The van der Waals surface area contributed by atoms with Gasteiger partial charge >= 0.3 is 0 Å². The SMILES string of the molecule is Cc1nn(-c2cccc(Br)c2)c(C)c1S(=O)(=O)Cl. The molecule has 0 amide bonds. The van der Waals surface area contributed by atoms with Crippen LogP contribution in [0.5, 0.6) is 0 Å². The third-order valence-electron chi connectivity index (χ3n) is 2.52. The molecule has 0 spiro atoms. The smallest absolute Gasteiger partial charge is 0.236 e. The van der Waals surface area contributed by atoms with Gasteiger partial charge in [-0.2, -0.15) is 5.10 Å². The van der Waals surface area contributed by atoms with Crippen LogP contribution in [-0.2, 0) is 9.05 Å². The first-order valence-corrected chi connectivity index (χ1v) is 8.18. The van der Waals surface area contributed by atoms with Crippen molar-refractivity contribution in [3.63, 3.8) is 0 Å². The zero-order chi connectivity index (χ0) is 13.5. The molecule has 1 aromatic carbocycles. The van der Waals surface area contributed by atoms with Gasteiger partial charge in [-0.25, -0.2) is 13.1 Å². The second-order valence-corrected chi connectivity index (χ2v) is 7.25. The van der Waals surface area contributed by atoms with Gasteiger partial charge in [-0.1, -0.05) is 22.0 Å². The van der Waals surface area contributed by atoms with Gasteiger partial charge in [-0.3, -0.25) is 0 Å². The van der Waals surface area contributed by atoms with Crippen molar-refractivity contribution in [1.29, 1.82) is 0 Å². The van der Waals surface area contributed by atoms with Crippen molar-refractivity contribution >= 4 is 35.7 Å². The fourth-order valence-electron chi connectivity index (χ4n) is 1.84. The molecule has 1 aromatic heterocycles. The third-order valence-corrected chi connectivity index (χ3v) is 4.56. The summed E-state index contributed by atoms with van der Waals surface area (Å²) >= 11 is 3.36. The zero-order valence-corrected chi connectivity index (χ0v) is 12.8. The molecule has 0 saturated carbocycles. The normalized spacial score (nSPS) is 11.8. The van der Waals surface area contributed by atoms with Gasteiger partial charge in [0.25, 0.3) is 9.05 Å². The average Bonchev–Trinajstić information content (AvgIpc) is 2.53. The molecule has 0 aliphatic heterocycles. The standard InChI is InChI=1S/C11H10BrClN2O2S/c1-7-11(18(13,16)17)8(2)15(14-7)10-5-3-4-9(12)6-10/h3-6H,1-2H3. The number of aryl methyl sites for hydroxylation is 1. The molecule has 0 aliphatic rings. The van der Waals surface area contributed by atoms with Gasteiger partial charge in [-0.05, 0) is 32.0 Å². The van der Waals surface area contributed by atoms with E-state index in [1.807, 2.05) is 24.3 Å². The van der Waals surface area contributed by atoms with Gasteiger partial charge in [0, 0.05) is 15.2 Å². The third kappa shape index (κ3) is 2.46.